The smallest absolute Gasteiger partial charge is 0.302 e. The molecule has 4 rings (SSSR count). The van der Waals surface area contributed by atoms with E-state index in [4.69, 9.17) is 4.74 Å². The number of carbonyl (C=O) groups is 1. The van der Waals surface area contributed by atoms with Crippen LogP contribution < -0.4 is 4.57 Å². The minimum absolute atomic E-state index is 0.252. The number of carbonyl (C=O) groups excluding carboxylic acids is 1. The normalized spacial score (nSPS) is 11.1. The highest BCUT2D eigenvalue weighted by Gasteiger charge is 2.10. The molecule has 0 aliphatic heterocycles. The Morgan fingerprint density at radius 1 is 0.926 bits per heavy atom. The molecule has 0 aliphatic carbocycles. The number of aryl methyl sites for hydroxylation is 2. The molecule has 0 radical (unpaired) electrons. The van der Waals surface area contributed by atoms with E-state index < -0.39 is 0 Å². The van der Waals surface area contributed by atoms with Crippen LogP contribution in [0.2, 0.25) is 0 Å². The highest BCUT2D eigenvalue weighted by Crippen LogP contribution is 2.28. The van der Waals surface area contributed by atoms with Crippen LogP contribution in [0.5, 0.6) is 0 Å². The van der Waals surface area contributed by atoms with Crippen molar-refractivity contribution in [3.8, 4) is 0 Å². The number of fused-ring (bicyclic) bond motifs is 3. The maximum absolute atomic E-state index is 10.9. The van der Waals surface area contributed by atoms with E-state index in [1.807, 2.05) is 24.5 Å². The van der Waals surface area contributed by atoms with E-state index in [-0.39, 0.29) is 5.97 Å². The number of hydrogen-bond acceptors (Lipinski definition) is 2. The second kappa shape index (κ2) is 7.62. The van der Waals surface area contributed by atoms with Gasteiger partial charge in [0.25, 0.3) is 0 Å². The Morgan fingerprint density at radius 3 is 2.11 bits per heavy atom. The highest BCUT2D eigenvalue weighted by atomic mass is 16.5. The van der Waals surface area contributed by atoms with Gasteiger partial charge < -0.3 is 9.30 Å². The van der Waals surface area contributed by atoms with Crippen LogP contribution in [0.1, 0.15) is 18.9 Å². The van der Waals surface area contributed by atoms with Crippen molar-refractivity contribution in [2.45, 2.75) is 33.0 Å². The number of pyridine rings is 1. The second-order valence-electron chi connectivity index (χ2n) is 6.76. The molecule has 0 amide bonds. The lowest BCUT2D eigenvalue weighted by atomic mass is 10.2. The average molecular weight is 359 g/mol. The zero-order valence-corrected chi connectivity index (χ0v) is 15.5. The monoisotopic (exact) mass is 359 g/mol. The Bertz CT molecular complexity index is 1030. The molecular formula is C23H23N2O2+. The van der Waals surface area contributed by atoms with Gasteiger partial charge in [0, 0.05) is 59.4 Å². The first-order chi connectivity index (χ1) is 13.2. The van der Waals surface area contributed by atoms with Crippen molar-refractivity contribution in [2.75, 3.05) is 0 Å². The van der Waals surface area contributed by atoms with E-state index in [0.717, 1.165) is 25.1 Å². The number of hydrogen-bond donors (Lipinski definition) is 0. The third-order valence-corrected chi connectivity index (χ3v) is 4.88. The largest absolute Gasteiger partial charge is 0.461 e. The summed E-state index contributed by atoms with van der Waals surface area (Å²) in [5.41, 5.74) is 3.59. The van der Waals surface area contributed by atoms with Crippen molar-refractivity contribution in [1.82, 2.24) is 4.57 Å². The molecule has 0 fully saturated rings. The Kier molecular flexibility index (Phi) is 4.88. The van der Waals surface area contributed by atoms with E-state index in [1.54, 1.807) is 0 Å². The van der Waals surface area contributed by atoms with Gasteiger partial charge in [0.05, 0.1) is 0 Å². The lowest BCUT2D eigenvalue weighted by Gasteiger charge is -2.06. The van der Waals surface area contributed by atoms with Crippen LogP contribution >= 0.6 is 0 Å². The number of rotatable bonds is 6. The molecule has 0 spiro atoms. The Balaban J connectivity index is 1.47. The molecule has 0 saturated heterocycles. The molecule has 2 aromatic carbocycles. The van der Waals surface area contributed by atoms with Crippen LogP contribution in [0.25, 0.3) is 21.8 Å². The number of para-hydroxylation sites is 2. The van der Waals surface area contributed by atoms with Gasteiger partial charge in [0.1, 0.15) is 13.2 Å². The van der Waals surface area contributed by atoms with Crippen molar-refractivity contribution in [2.24, 2.45) is 0 Å². The molecule has 0 unspecified atom stereocenters. The summed E-state index contributed by atoms with van der Waals surface area (Å²) in [4.78, 5) is 10.9. The van der Waals surface area contributed by atoms with Crippen LogP contribution in [-0.4, -0.2) is 10.5 Å². The third-order valence-electron chi connectivity index (χ3n) is 4.88. The van der Waals surface area contributed by atoms with Gasteiger partial charge in [-0.05, 0) is 12.1 Å². The van der Waals surface area contributed by atoms with Crippen molar-refractivity contribution < 1.29 is 14.1 Å². The summed E-state index contributed by atoms with van der Waals surface area (Å²) in [5, 5.41) is 2.63. The van der Waals surface area contributed by atoms with Gasteiger partial charge in [0.2, 0.25) is 0 Å². The molecule has 4 nitrogen and oxygen atoms in total. The van der Waals surface area contributed by atoms with Gasteiger partial charge in [-0.25, -0.2) is 4.57 Å². The Morgan fingerprint density at radius 2 is 1.52 bits per heavy atom. The zero-order valence-electron chi connectivity index (χ0n) is 15.5. The molecule has 136 valence electrons. The van der Waals surface area contributed by atoms with Crippen molar-refractivity contribution >= 4 is 27.8 Å². The lowest BCUT2D eigenvalue weighted by molar-refractivity contribution is -0.697. The van der Waals surface area contributed by atoms with Gasteiger partial charge in [-0.15, -0.1) is 0 Å². The van der Waals surface area contributed by atoms with E-state index in [2.05, 4.69) is 57.7 Å². The first-order valence-corrected chi connectivity index (χ1v) is 9.30. The summed E-state index contributed by atoms with van der Waals surface area (Å²) in [5.74, 6) is -0.252. The topological polar surface area (TPSA) is 35.1 Å². The number of nitrogens with zero attached hydrogens (tertiary/aromatic N) is 2. The zero-order chi connectivity index (χ0) is 18.6. The molecule has 4 aromatic rings. The van der Waals surface area contributed by atoms with Crippen molar-refractivity contribution in [1.29, 1.82) is 0 Å². The van der Waals surface area contributed by atoms with Gasteiger partial charge in [0.15, 0.2) is 12.4 Å². The maximum atomic E-state index is 10.9. The van der Waals surface area contributed by atoms with E-state index >= 15 is 0 Å². The van der Waals surface area contributed by atoms with Crippen molar-refractivity contribution in [3.05, 3.63) is 78.6 Å². The Hall–Kier alpha value is -3.14. The Labute approximate surface area is 158 Å². The maximum Gasteiger partial charge on any atom is 0.302 e. The predicted molar refractivity (Wildman–Crippen MR) is 106 cm³/mol. The minimum Gasteiger partial charge on any atom is -0.461 e. The molecule has 0 N–H and O–H groups in total. The number of esters is 1. The number of benzene rings is 2. The number of aromatic nitrogens is 2. The quantitative estimate of drug-likeness (QED) is 0.381. The molecule has 2 heterocycles. The standard InChI is InChI=1S/C23H23N2O2/c1-18(26)27-17-19-11-15-24(16-12-19)13-6-14-25-22-9-4-2-7-20(22)21-8-3-5-10-23(21)25/h2-5,7-12,15-16H,6,13-14,17H2,1H3/q+1. The van der Waals surface area contributed by atoms with Crippen molar-refractivity contribution in [3.63, 3.8) is 0 Å². The van der Waals surface area contributed by atoms with Crippen LogP contribution in [0.3, 0.4) is 0 Å². The molecule has 2 aromatic heterocycles. The molecular weight excluding hydrogens is 336 g/mol. The summed E-state index contributed by atoms with van der Waals surface area (Å²) >= 11 is 0. The molecule has 4 heteroatoms. The fraction of sp³-hybridized carbons (Fsp3) is 0.217. The van der Waals surface area contributed by atoms with Crippen LogP contribution in [0, 0.1) is 0 Å². The average Bonchev–Trinajstić information content (AvgIpc) is 3.02. The first-order valence-electron chi connectivity index (χ1n) is 9.30. The summed E-state index contributed by atoms with van der Waals surface area (Å²) in [6.45, 7) is 3.67. The summed E-state index contributed by atoms with van der Waals surface area (Å²) in [7, 11) is 0. The second-order valence-corrected chi connectivity index (χ2v) is 6.76. The SMILES string of the molecule is CC(=O)OCc1cc[n+](CCCn2c3ccccc3c3ccccc32)cc1. The predicted octanol–water partition coefficient (Wildman–Crippen LogP) is 4.24. The first kappa shape index (κ1) is 17.3. The summed E-state index contributed by atoms with van der Waals surface area (Å²) < 4.78 is 9.62. The molecule has 0 aliphatic rings. The van der Waals surface area contributed by atoms with E-state index in [9.17, 15) is 4.79 Å². The van der Waals surface area contributed by atoms with Crippen LogP contribution in [0.4, 0.5) is 0 Å². The fourth-order valence-electron chi connectivity index (χ4n) is 3.57. The molecule has 0 bridgehead atoms. The van der Waals surface area contributed by atoms with E-state index in [0.29, 0.717) is 6.61 Å². The number of ether oxygens (including phenoxy) is 1. The lowest BCUT2D eigenvalue weighted by Crippen LogP contribution is -2.33. The van der Waals surface area contributed by atoms with Gasteiger partial charge in [-0.3, -0.25) is 4.79 Å². The third kappa shape index (κ3) is 3.70. The molecule has 0 saturated carbocycles. The molecule has 0 atom stereocenters. The van der Waals surface area contributed by atoms with Gasteiger partial charge >= 0.3 is 5.97 Å². The fourth-order valence-corrected chi connectivity index (χ4v) is 3.57. The summed E-state index contributed by atoms with van der Waals surface area (Å²) in [6, 6.07) is 21.2. The highest BCUT2D eigenvalue weighted by molar-refractivity contribution is 6.07. The van der Waals surface area contributed by atoms with Gasteiger partial charge in [-0.1, -0.05) is 36.4 Å². The van der Waals surface area contributed by atoms with E-state index in [1.165, 1.54) is 28.7 Å². The molecule has 27 heavy (non-hydrogen) atoms. The summed E-state index contributed by atoms with van der Waals surface area (Å²) in [6.07, 6.45) is 5.13. The minimum atomic E-state index is -0.252. The van der Waals surface area contributed by atoms with Gasteiger partial charge in [-0.2, -0.15) is 0 Å². The van der Waals surface area contributed by atoms with Crippen LogP contribution in [0.15, 0.2) is 73.1 Å². The van der Waals surface area contributed by atoms with Crippen LogP contribution in [-0.2, 0) is 29.2 Å².